The van der Waals surface area contributed by atoms with Crippen LogP contribution in [0.4, 0.5) is 5.69 Å². The van der Waals surface area contributed by atoms with Crippen LogP contribution in [0.3, 0.4) is 0 Å². The number of benzene rings is 1. The number of fused-ring (bicyclic) bond motifs is 1. The Balaban J connectivity index is 1.58. The van der Waals surface area contributed by atoms with Crippen molar-refractivity contribution in [1.82, 2.24) is 9.62 Å². The van der Waals surface area contributed by atoms with Crippen molar-refractivity contribution in [1.29, 1.82) is 0 Å². The fourth-order valence-corrected chi connectivity index (χ4v) is 5.59. The molecule has 3 rings (SSSR count). The number of hydrogen-bond acceptors (Lipinski definition) is 7. The van der Waals surface area contributed by atoms with Crippen molar-refractivity contribution < 1.29 is 32.3 Å². The van der Waals surface area contributed by atoms with Gasteiger partial charge in [-0.15, -0.1) is 0 Å². The van der Waals surface area contributed by atoms with Gasteiger partial charge in [-0.2, -0.15) is 0 Å². The topological polar surface area (TPSA) is 139 Å². The number of amides is 3. The van der Waals surface area contributed by atoms with Gasteiger partial charge in [0, 0.05) is 11.7 Å². The third kappa shape index (κ3) is 5.47. The minimum atomic E-state index is -3.66. The van der Waals surface area contributed by atoms with Crippen LogP contribution in [-0.2, 0) is 33.9 Å². The van der Waals surface area contributed by atoms with Crippen molar-refractivity contribution >= 4 is 39.4 Å². The molecular formula is C23H31N3O7S. The second kappa shape index (κ2) is 10.2. The molecule has 11 heteroatoms. The lowest BCUT2D eigenvalue weighted by Crippen LogP contribution is -2.46. The first kappa shape index (κ1) is 25.8. The minimum absolute atomic E-state index is 0.0491. The molecule has 2 fully saturated rings. The third-order valence-corrected chi connectivity index (χ3v) is 7.76. The van der Waals surface area contributed by atoms with E-state index in [2.05, 4.69) is 10.0 Å². The molecule has 1 heterocycles. The van der Waals surface area contributed by atoms with Gasteiger partial charge < -0.3 is 10.1 Å². The first-order valence-electron chi connectivity index (χ1n) is 11.4. The van der Waals surface area contributed by atoms with E-state index in [0.717, 1.165) is 17.7 Å². The summed E-state index contributed by atoms with van der Waals surface area (Å²) in [7, 11) is -3.66. The van der Waals surface area contributed by atoms with Crippen molar-refractivity contribution in [3.63, 3.8) is 0 Å². The maximum atomic E-state index is 12.7. The molecule has 186 valence electrons. The van der Waals surface area contributed by atoms with Gasteiger partial charge in [0.25, 0.3) is 5.91 Å². The molecule has 1 saturated heterocycles. The molecule has 1 aromatic carbocycles. The van der Waals surface area contributed by atoms with Gasteiger partial charge in [0.1, 0.15) is 6.04 Å². The van der Waals surface area contributed by atoms with E-state index in [0.29, 0.717) is 18.5 Å². The molecule has 1 aliphatic heterocycles. The van der Waals surface area contributed by atoms with Crippen molar-refractivity contribution in [2.45, 2.75) is 76.5 Å². The molecule has 0 bridgehead atoms. The van der Waals surface area contributed by atoms with E-state index in [1.807, 2.05) is 0 Å². The number of carbonyl (C=O) groups is 4. The highest BCUT2D eigenvalue weighted by Crippen LogP contribution is 2.39. The Hall–Kier alpha value is -2.79. The summed E-state index contributed by atoms with van der Waals surface area (Å²) in [5.74, 6) is -2.93. The molecule has 0 unspecified atom stereocenters. The van der Waals surface area contributed by atoms with E-state index in [1.54, 1.807) is 13.8 Å². The molecule has 0 aromatic heterocycles. The molecule has 10 nitrogen and oxygen atoms in total. The summed E-state index contributed by atoms with van der Waals surface area (Å²) in [6.45, 7) is 6.21. The smallest absolute Gasteiger partial charge is 0.329 e. The van der Waals surface area contributed by atoms with Crippen LogP contribution >= 0.6 is 0 Å². The lowest BCUT2D eigenvalue weighted by molar-refractivity contribution is -0.163. The van der Waals surface area contributed by atoms with Crippen molar-refractivity contribution in [2.24, 2.45) is 11.8 Å². The van der Waals surface area contributed by atoms with Gasteiger partial charge >= 0.3 is 5.97 Å². The van der Waals surface area contributed by atoms with Crippen LogP contribution in [-0.4, -0.2) is 55.2 Å². The standard InChI is InChI=1S/C23H31N3O7S/c1-13(2)25-34(31,32)17-11-9-16(10-12-17)24-20(27)15(4)33-23(30)14(3)26-21(28)18-7-5-6-8-19(18)22(26)29/h9-15,18-19,25H,5-8H2,1-4H3,(H,24,27)/t14-,15-,18+,19+/m0/s1. The summed E-state index contributed by atoms with van der Waals surface area (Å²) < 4.78 is 32.1. The van der Waals surface area contributed by atoms with E-state index in [9.17, 15) is 27.6 Å². The number of nitrogens with one attached hydrogen (secondary N) is 2. The number of esters is 1. The second-order valence-corrected chi connectivity index (χ2v) is 10.8. The van der Waals surface area contributed by atoms with E-state index in [-0.39, 0.29) is 34.6 Å². The Bertz CT molecular complexity index is 1040. The van der Waals surface area contributed by atoms with Gasteiger partial charge in [0.15, 0.2) is 6.10 Å². The monoisotopic (exact) mass is 493 g/mol. The Morgan fingerprint density at radius 1 is 0.971 bits per heavy atom. The number of nitrogens with zero attached hydrogens (tertiary/aromatic N) is 1. The molecule has 3 amide bonds. The zero-order valence-corrected chi connectivity index (χ0v) is 20.6. The summed E-state index contributed by atoms with van der Waals surface area (Å²) >= 11 is 0. The first-order chi connectivity index (χ1) is 15.9. The molecule has 2 N–H and O–H groups in total. The molecule has 0 spiro atoms. The molecule has 2 aliphatic rings. The molecule has 1 saturated carbocycles. The number of anilines is 1. The van der Waals surface area contributed by atoms with E-state index < -0.39 is 34.0 Å². The third-order valence-electron chi connectivity index (χ3n) is 6.09. The first-order valence-corrected chi connectivity index (χ1v) is 12.9. The number of imide groups is 1. The van der Waals surface area contributed by atoms with Crippen LogP contribution in [0.15, 0.2) is 29.2 Å². The molecule has 1 aliphatic carbocycles. The molecule has 0 radical (unpaired) electrons. The fraction of sp³-hybridized carbons (Fsp3) is 0.565. The summed E-state index contributed by atoms with van der Waals surface area (Å²) in [6, 6.07) is 4.16. The summed E-state index contributed by atoms with van der Waals surface area (Å²) in [5, 5.41) is 2.55. The number of hydrogen-bond donors (Lipinski definition) is 2. The highest BCUT2D eigenvalue weighted by molar-refractivity contribution is 7.89. The quantitative estimate of drug-likeness (QED) is 0.416. The van der Waals surface area contributed by atoms with E-state index in [4.69, 9.17) is 4.74 Å². The largest absolute Gasteiger partial charge is 0.451 e. The normalized spacial score (nSPS) is 22.3. The zero-order valence-electron chi connectivity index (χ0n) is 19.7. The van der Waals surface area contributed by atoms with Crippen LogP contribution in [0.25, 0.3) is 0 Å². The Kier molecular flexibility index (Phi) is 7.77. The van der Waals surface area contributed by atoms with Crippen LogP contribution in [0, 0.1) is 11.8 Å². The predicted molar refractivity (Wildman–Crippen MR) is 123 cm³/mol. The second-order valence-electron chi connectivity index (χ2n) is 9.09. The lowest BCUT2D eigenvalue weighted by atomic mass is 9.81. The summed E-state index contributed by atoms with van der Waals surface area (Å²) in [6.07, 6.45) is 1.84. The SMILES string of the molecule is CC(C)NS(=O)(=O)c1ccc(NC(=O)[C@H](C)OC(=O)[C@H](C)N2C(=O)[C@@H]3CCCC[C@H]3C2=O)cc1. The van der Waals surface area contributed by atoms with Crippen molar-refractivity contribution in [3.8, 4) is 0 Å². The van der Waals surface area contributed by atoms with Crippen molar-refractivity contribution in [3.05, 3.63) is 24.3 Å². The number of carbonyl (C=O) groups excluding carboxylic acids is 4. The van der Waals surface area contributed by atoms with Gasteiger partial charge in [0.2, 0.25) is 21.8 Å². The molecule has 34 heavy (non-hydrogen) atoms. The Morgan fingerprint density at radius 2 is 1.50 bits per heavy atom. The van der Waals surface area contributed by atoms with Crippen LogP contribution in [0.1, 0.15) is 53.4 Å². The van der Waals surface area contributed by atoms with Gasteiger partial charge in [-0.3, -0.25) is 19.3 Å². The Morgan fingerprint density at radius 3 is 2.00 bits per heavy atom. The van der Waals surface area contributed by atoms with Gasteiger partial charge in [0.05, 0.1) is 16.7 Å². The molecule has 1 aromatic rings. The molecular weight excluding hydrogens is 462 g/mol. The number of sulfonamides is 1. The average molecular weight is 494 g/mol. The van der Waals surface area contributed by atoms with Crippen molar-refractivity contribution in [2.75, 3.05) is 5.32 Å². The lowest BCUT2D eigenvalue weighted by Gasteiger charge is -2.23. The zero-order chi connectivity index (χ0) is 25.2. The number of ether oxygens (including phenoxy) is 1. The minimum Gasteiger partial charge on any atom is -0.451 e. The number of rotatable bonds is 8. The van der Waals surface area contributed by atoms with Crippen LogP contribution in [0.2, 0.25) is 0 Å². The van der Waals surface area contributed by atoms with E-state index in [1.165, 1.54) is 38.1 Å². The van der Waals surface area contributed by atoms with Crippen LogP contribution < -0.4 is 10.0 Å². The maximum absolute atomic E-state index is 12.7. The predicted octanol–water partition coefficient (Wildman–Crippen LogP) is 1.81. The highest BCUT2D eigenvalue weighted by atomic mass is 32.2. The van der Waals surface area contributed by atoms with Gasteiger partial charge in [-0.05, 0) is 64.8 Å². The maximum Gasteiger partial charge on any atom is 0.329 e. The average Bonchev–Trinajstić information content (AvgIpc) is 3.03. The van der Waals surface area contributed by atoms with E-state index >= 15 is 0 Å². The summed E-state index contributed by atoms with van der Waals surface area (Å²) in [5.41, 5.74) is 0.318. The molecule has 4 atom stereocenters. The van der Waals surface area contributed by atoms with Gasteiger partial charge in [-0.1, -0.05) is 12.8 Å². The Labute approximate surface area is 199 Å². The highest BCUT2D eigenvalue weighted by Gasteiger charge is 2.51. The fourth-order valence-electron chi connectivity index (χ4n) is 4.34. The van der Waals surface area contributed by atoms with Gasteiger partial charge in [-0.25, -0.2) is 17.9 Å². The summed E-state index contributed by atoms with van der Waals surface area (Å²) in [4.78, 5) is 51.5. The van der Waals surface area contributed by atoms with Crippen LogP contribution in [0.5, 0.6) is 0 Å². The number of likely N-dealkylation sites (tertiary alicyclic amines) is 1.